The van der Waals surface area contributed by atoms with Crippen molar-refractivity contribution in [3.63, 3.8) is 0 Å². The number of hydrogen-bond acceptors (Lipinski definition) is 4. The number of carbonyl (C=O) groups is 1. The Morgan fingerprint density at radius 2 is 1.88 bits per heavy atom. The molecule has 1 aromatic heterocycles. The van der Waals surface area contributed by atoms with Crippen LogP contribution in [0.25, 0.3) is 0 Å². The maximum Gasteiger partial charge on any atom is 0.271 e. The van der Waals surface area contributed by atoms with Crippen LogP contribution >= 0.6 is 11.6 Å². The van der Waals surface area contributed by atoms with Crippen LogP contribution in [0.5, 0.6) is 0 Å². The fraction of sp³-hybridized carbons (Fsp3) is 0.600. The van der Waals surface area contributed by atoms with Crippen molar-refractivity contribution in [2.45, 2.75) is 71.4 Å². The first-order valence-corrected chi connectivity index (χ1v) is 12.7. The molecule has 180 valence electrons. The zero-order valence-corrected chi connectivity index (χ0v) is 20.8. The zero-order valence-electron chi connectivity index (χ0n) is 20.0. The molecule has 1 aromatic carbocycles. The Balaban J connectivity index is 1.56. The van der Waals surface area contributed by atoms with Crippen molar-refractivity contribution >= 4 is 29.0 Å². The Morgan fingerprint density at radius 3 is 2.55 bits per heavy atom. The molecule has 1 saturated carbocycles. The van der Waals surface area contributed by atoms with Gasteiger partial charge in [0.15, 0.2) is 0 Å². The highest BCUT2D eigenvalue weighted by atomic mass is 35.5. The first-order chi connectivity index (χ1) is 15.9. The summed E-state index contributed by atoms with van der Waals surface area (Å²) in [5.74, 6) is 0.669. The normalized spacial score (nSPS) is 16.9. The summed E-state index contributed by atoms with van der Waals surface area (Å²) >= 11 is 6.49. The number of aryl methyl sites for hydroxylation is 1. The summed E-state index contributed by atoms with van der Waals surface area (Å²) in [7, 11) is 1.85. The molecule has 0 radical (unpaired) electrons. The zero-order chi connectivity index (χ0) is 23.5. The molecule has 0 unspecified atom stereocenters. The van der Waals surface area contributed by atoms with E-state index < -0.39 is 0 Å². The summed E-state index contributed by atoms with van der Waals surface area (Å²) in [4.78, 5) is 30.4. The van der Waals surface area contributed by atoms with Crippen molar-refractivity contribution in [3.05, 3.63) is 44.2 Å². The minimum atomic E-state index is -0.202. The van der Waals surface area contributed by atoms with Gasteiger partial charge in [-0.1, -0.05) is 30.9 Å². The second-order valence-electron chi connectivity index (χ2n) is 9.35. The lowest BCUT2D eigenvalue weighted by atomic mass is 9.93. The van der Waals surface area contributed by atoms with Gasteiger partial charge in [0.1, 0.15) is 5.82 Å². The molecule has 0 atom stereocenters. The molecule has 1 amide bonds. The van der Waals surface area contributed by atoms with Crippen LogP contribution in [0.1, 0.15) is 73.4 Å². The number of hydrogen-bond donors (Lipinski definition) is 2. The minimum Gasteiger partial charge on any atom is -0.369 e. The van der Waals surface area contributed by atoms with Crippen LogP contribution in [0, 0.1) is 6.92 Å². The molecule has 2 aromatic rings. The molecule has 8 heteroatoms. The third kappa shape index (κ3) is 4.93. The van der Waals surface area contributed by atoms with Crippen LogP contribution in [0.3, 0.4) is 0 Å². The monoisotopic (exact) mass is 473 g/mol. The second kappa shape index (κ2) is 10.2. The number of aromatic amines is 1. The van der Waals surface area contributed by atoms with Crippen molar-refractivity contribution in [2.75, 3.05) is 29.4 Å². The van der Waals surface area contributed by atoms with Crippen molar-refractivity contribution in [2.24, 2.45) is 7.05 Å². The molecule has 2 N–H and O–H groups in total. The molecule has 2 heterocycles. The quantitative estimate of drug-likeness (QED) is 0.626. The van der Waals surface area contributed by atoms with E-state index in [0.717, 1.165) is 49.5 Å². The van der Waals surface area contributed by atoms with Crippen LogP contribution in [0.2, 0.25) is 5.02 Å². The van der Waals surface area contributed by atoms with E-state index in [0.29, 0.717) is 22.2 Å². The number of nitrogens with zero attached hydrogens (tertiary/aromatic N) is 3. The molecule has 0 spiro atoms. The van der Waals surface area contributed by atoms with Crippen LogP contribution in [0.4, 0.5) is 11.5 Å². The average Bonchev–Trinajstić information content (AvgIpc) is 3.42. The number of aromatic nitrogens is 2. The Hall–Kier alpha value is -2.41. The lowest BCUT2D eigenvalue weighted by molar-refractivity contribution is 0.0950. The average molecular weight is 474 g/mol. The molecule has 0 bridgehead atoms. The molecule has 1 aliphatic heterocycles. The molecule has 4 rings (SSSR count). The Morgan fingerprint density at radius 1 is 1.18 bits per heavy atom. The standard InChI is InChI=1S/C25H36ClN5O2/c1-4-31(19-10-6-5-7-11-19)22-15-18(26)14-20(17(22)2)23(32)27-16-21-24(33)28-29(3)25(21)30-12-8-9-13-30/h14-15,19H,4-13,16H2,1-3H3,(H,27,32)(H,28,33). The maximum absolute atomic E-state index is 13.3. The Kier molecular flexibility index (Phi) is 7.37. The van der Waals surface area contributed by atoms with Gasteiger partial charge in [0.25, 0.3) is 11.5 Å². The number of nitrogens with one attached hydrogen (secondary N) is 2. The lowest BCUT2D eigenvalue weighted by Gasteiger charge is -2.36. The summed E-state index contributed by atoms with van der Waals surface area (Å²) in [6.07, 6.45) is 8.39. The summed E-state index contributed by atoms with van der Waals surface area (Å²) in [6, 6.07) is 4.21. The van der Waals surface area contributed by atoms with Gasteiger partial charge in [-0.25, -0.2) is 0 Å². The van der Waals surface area contributed by atoms with Gasteiger partial charge in [-0.2, -0.15) is 0 Å². The summed E-state index contributed by atoms with van der Waals surface area (Å²) < 4.78 is 1.77. The van der Waals surface area contributed by atoms with Gasteiger partial charge in [-0.3, -0.25) is 19.4 Å². The van der Waals surface area contributed by atoms with Gasteiger partial charge in [-0.05, 0) is 57.2 Å². The summed E-state index contributed by atoms with van der Waals surface area (Å²) in [6.45, 7) is 7.08. The third-order valence-corrected chi connectivity index (χ3v) is 7.44. The predicted octanol–water partition coefficient (Wildman–Crippen LogP) is 4.36. The molecule has 1 saturated heterocycles. The van der Waals surface area contributed by atoms with E-state index in [4.69, 9.17) is 11.6 Å². The highest BCUT2D eigenvalue weighted by Crippen LogP contribution is 2.33. The molecular formula is C25H36ClN5O2. The molecule has 2 aliphatic rings. The van der Waals surface area contributed by atoms with Crippen LogP contribution in [-0.4, -0.2) is 41.4 Å². The van der Waals surface area contributed by atoms with Crippen molar-refractivity contribution in [1.29, 1.82) is 0 Å². The second-order valence-corrected chi connectivity index (χ2v) is 9.79. The first-order valence-electron chi connectivity index (χ1n) is 12.3. The van der Waals surface area contributed by atoms with Crippen molar-refractivity contribution in [3.8, 4) is 0 Å². The van der Waals surface area contributed by atoms with Crippen molar-refractivity contribution in [1.82, 2.24) is 15.1 Å². The third-order valence-electron chi connectivity index (χ3n) is 7.22. The first kappa shape index (κ1) is 23.7. The predicted molar refractivity (Wildman–Crippen MR) is 135 cm³/mol. The Labute approximate surface area is 201 Å². The van der Waals surface area contributed by atoms with Crippen LogP contribution in [0.15, 0.2) is 16.9 Å². The van der Waals surface area contributed by atoms with Gasteiger partial charge >= 0.3 is 0 Å². The molecule has 7 nitrogen and oxygen atoms in total. The number of amides is 1. The van der Waals surface area contributed by atoms with Gasteiger partial charge in [-0.15, -0.1) is 0 Å². The van der Waals surface area contributed by atoms with E-state index in [1.165, 1.54) is 32.1 Å². The van der Waals surface area contributed by atoms with Crippen molar-refractivity contribution < 1.29 is 4.79 Å². The molecule has 33 heavy (non-hydrogen) atoms. The van der Waals surface area contributed by atoms with E-state index in [9.17, 15) is 9.59 Å². The van der Waals surface area contributed by atoms with Gasteiger partial charge < -0.3 is 15.1 Å². The number of rotatable bonds is 7. The van der Waals surface area contributed by atoms with E-state index in [-0.39, 0.29) is 18.0 Å². The van der Waals surface area contributed by atoms with Gasteiger partial charge in [0, 0.05) is 49.0 Å². The minimum absolute atomic E-state index is 0.155. The number of anilines is 2. The van der Waals surface area contributed by atoms with Crippen LogP contribution < -0.4 is 20.7 Å². The summed E-state index contributed by atoms with van der Waals surface area (Å²) in [5, 5.41) is 6.39. The maximum atomic E-state index is 13.3. The van der Waals surface area contributed by atoms with E-state index >= 15 is 0 Å². The highest BCUT2D eigenvalue weighted by Gasteiger charge is 2.25. The number of carbonyl (C=O) groups excluding carboxylic acids is 1. The molecule has 2 fully saturated rings. The summed E-state index contributed by atoms with van der Waals surface area (Å²) in [5.41, 5.74) is 2.99. The van der Waals surface area contributed by atoms with E-state index in [1.54, 1.807) is 10.7 Å². The smallest absolute Gasteiger partial charge is 0.271 e. The SMILES string of the molecule is CCN(c1cc(Cl)cc(C(=O)NCc2c(N3CCCC3)n(C)[nH]c2=O)c1C)C1CCCCC1. The fourth-order valence-corrected chi connectivity index (χ4v) is 5.76. The van der Waals surface area contributed by atoms with Gasteiger partial charge in [0.2, 0.25) is 0 Å². The van der Waals surface area contributed by atoms with Crippen LogP contribution in [-0.2, 0) is 13.6 Å². The molecular weight excluding hydrogens is 438 g/mol. The topological polar surface area (TPSA) is 73.4 Å². The number of H-pyrrole nitrogens is 1. The number of benzene rings is 1. The largest absolute Gasteiger partial charge is 0.369 e. The van der Waals surface area contributed by atoms with Gasteiger partial charge in [0.05, 0.1) is 12.1 Å². The van der Waals surface area contributed by atoms with E-state index in [2.05, 4.69) is 27.1 Å². The van der Waals surface area contributed by atoms with E-state index in [1.807, 2.05) is 20.0 Å². The molecule has 1 aliphatic carbocycles. The number of halogens is 1. The highest BCUT2D eigenvalue weighted by molar-refractivity contribution is 6.31. The lowest BCUT2D eigenvalue weighted by Crippen LogP contribution is -2.37. The fourth-order valence-electron chi connectivity index (χ4n) is 5.55. The Bertz CT molecular complexity index is 1050.